The van der Waals surface area contributed by atoms with Crippen molar-refractivity contribution >= 4 is 17.5 Å². The summed E-state index contributed by atoms with van der Waals surface area (Å²) < 4.78 is 5.16. The average molecular weight is 373 g/mol. The van der Waals surface area contributed by atoms with Crippen molar-refractivity contribution in [1.29, 1.82) is 0 Å². The van der Waals surface area contributed by atoms with E-state index in [9.17, 15) is 4.79 Å². The number of aryl methyl sites for hydroxylation is 1. The molecule has 5 heteroatoms. The van der Waals surface area contributed by atoms with E-state index in [1.807, 2.05) is 47.4 Å². The van der Waals surface area contributed by atoms with E-state index in [2.05, 4.69) is 11.0 Å². The Labute approximate surface area is 160 Å². The summed E-state index contributed by atoms with van der Waals surface area (Å²) in [5, 5.41) is 0.811. The predicted molar refractivity (Wildman–Crippen MR) is 105 cm³/mol. The predicted octanol–water partition coefficient (Wildman–Crippen LogP) is 3.63. The highest BCUT2D eigenvalue weighted by Crippen LogP contribution is 2.18. The molecule has 3 rings (SSSR count). The minimum Gasteiger partial charge on any atom is -0.497 e. The molecule has 0 aliphatic carbocycles. The van der Waals surface area contributed by atoms with Crippen LogP contribution in [0.5, 0.6) is 5.75 Å². The van der Waals surface area contributed by atoms with Crippen LogP contribution in [0.15, 0.2) is 48.5 Å². The molecule has 2 aromatic rings. The molecule has 26 heavy (non-hydrogen) atoms. The van der Waals surface area contributed by atoms with Gasteiger partial charge in [0.05, 0.1) is 7.11 Å². The van der Waals surface area contributed by atoms with Crippen molar-refractivity contribution in [3.05, 3.63) is 64.7 Å². The fourth-order valence-electron chi connectivity index (χ4n) is 3.22. The van der Waals surface area contributed by atoms with Gasteiger partial charge in [-0.15, -0.1) is 0 Å². The molecule has 2 aromatic carbocycles. The largest absolute Gasteiger partial charge is 0.497 e. The molecular formula is C21H25ClN2O2. The molecule has 0 N–H and O–H groups in total. The minimum atomic E-state index is 0.234. The molecule has 1 amide bonds. The summed E-state index contributed by atoms with van der Waals surface area (Å²) in [7, 11) is 1.66. The van der Waals surface area contributed by atoms with Crippen LogP contribution >= 0.6 is 11.6 Å². The zero-order chi connectivity index (χ0) is 18.4. The van der Waals surface area contributed by atoms with Crippen molar-refractivity contribution in [2.24, 2.45) is 0 Å². The molecule has 1 heterocycles. The topological polar surface area (TPSA) is 32.8 Å². The van der Waals surface area contributed by atoms with Crippen LogP contribution in [-0.4, -0.2) is 49.0 Å². The van der Waals surface area contributed by atoms with Gasteiger partial charge >= 0.3 is 0 Å². The monoisotopic (exact) mass is 372 g/mol. The van der Waals surface area contributed by atoms with E-state index < -0.39 is 0 Å². The summed E-state index contributed by atoms with van der Waals surface area (Å²) in [6.07, 6.45) is 1.32. The SMILES string of the molecule is COc1ccc(CCC(=O)N2CCN(Cc3ccccc3Cl)CC2)cc1. The molecule has 0 saturated carbocycles. The second kappa shape index (κ2) is 9.06. The van der Waals surface area contributed by atoms with Gasteiger partial charge in [0, 0.05) is 44.2 Å². The lowest BCUT2D eigenvalue weighted by Gasteiger charge is -2.35. The van der Waals surface area contributed by atoms with E-state index in [0.29, 0.717) is 6.42 Å². The van der Waals surface area contributed by atoms with Gasteiger partial charge in [-0.2, -0.15) is 0 Å². The van der Waals surface area contributed by atoms with Crippen LogP contribution in [-0.2, 0) is 17.8 Å². The number of carbonyl (C=O) groups excluding carboxylic acids is 1. The average Bonchev–Trinajstić information content (AvgIpc) is 2.69. The molecule has 0 spiro atoms. The number of ether oxygens (including phenoxy) is 1. The van der Waals surface area contributed by atoms with Gasteiger partial charge in [0.25, 0.3) is 0 Å². The highest BCUT2D eigenvalue weighted by molar-refractivity contribution is 6.31. The maximum absolute atomic E-state index is 12.5. The molecular weight excluding hydrogens is 348 g/mol. The number of amides is 1. The fraction of sp³-hybridized carbons (Fsp3) is 0.381. The van der Waals surface area contributed by atoms with E-state index >= 15 is 0 Å². The molecule has 0 bridgehead atoms. The van der Waals surface area contributed by atoms with Crippen LogP contribution in [0.4, 0.5) is 0 Å². The van der Waals surface area contributed by atoms with Gasteiger partial charge in [0.1, 0.15) is 5.75 Å². The molecule has 1 saturated heterocycles. The Bertz CT molecular complexity index is 725. The lowest BCUT2D eigenvalue weighted by molar-refractivity contribution is -0.133. The smallest absolute Gasteiger partial charge is 0.222 e. The summed E-state index contributed by atoms with van der Waals surface area (Å²) in [5.74, 6) is 1.08. The Morgan fingerprint density at radius 2 is 1.73 bits per heavy atom. The number of nitrogens with zero attached hydrogens (tertiary/aromatic N) is 2. The van der Waals surface area contributed by atoms with E-state index in [-0.39, 0.29) is 5.91 Å². The number of halogens is 1. The Morgan fingerprint density at radius 1 is 1.04 bits per heavy atom. The molecule has 1 fully saturated rings. The Kier molecular flexibility index (Phi) is 6.53. The van der Waals surface area contributed by atoms with Crippen molar-refractivity contribution in [1.82, 2.24) is 9.80 Å². The molecule has 0 atom stereocenters. The molecule has 0 radical (unpaired) electrons. The summed E-state index contributed by atoms with van der Waals surface area (Å²) in [6.45, 7) is 4.18. The van der Waals surface area contributed by atoms with Crippen molar-refractivity contribution in [3.63, 3.8) is 0 Å². The van der Waals surface area contributed by atoms with Crippen LogP contribution in [0, 0.1) is 0 Å². The first-order valence-electron chi connectivity index (χ1n) is 9.02. The van der Waals surface area contributed by atoms with Gasteiger partial charge in [-0.1, -0.05) is 41.9 Å². The van der Waals surface area contributed by atoms with Gasteiger partial charge in [0.15, 0.2) is 0 Å². The second-order valence-corrected chi connectivity index (χ2v) is 7.00. The number of rotatable bonds is 6. The van der Waals surface area contributed by atoms with Crippen molar-refractivity contribution in [3.8, 4) is 5.75 Å². The van der Waals surface area contributed by atoms with Crippen LogP contribution < -0.4 is 4.74 Å². The van der Waals surface area contributed by atoms with E-state index in [1.165, 1.54) is 0 Å². The Morgan fingerprint density at radius 3 is 2.38 bits per heavy atom. The summed E-state index contributed by atoms with van der Waals surface area (Å²) in [4.78, 5) is 16.8. The number of hydrogen-bond donors (Lipinski definition) is 0. The lowest BCUT2D eigenvalue weighted by Crippen LogP contribution is -2.48. The van der Waals surface area contributed by atoms with Crippen LogP contribution in [0.2, 0.25) is 5.02 Å². The zero-order valence-corrected chi connectivity index (χ0v) is 15.9. The number of piperazine rings is 1. The van der Waals surface area contributed by atoms with E-state index in [0.717, 1.165) is 61.0 Å². The van der Waals surface area contributed by atoms with Gasteiger partial charge in [-0.3, -0.25) is 9.69 Å². The van der Waals surface area contributed by atoms with Crippen molar-refractivity contribution < 1.29 is 9.53 Å². The van der Waals surface area contributed by atoms with Gasteiger partial charge in [0.2, 0.25) is 5.91 Å². The molecule has 0 aromatic heterocycles. The van der Waals surface area contributed by atoms with Crippen LogP contribution in [0.3, 0.4) is 0 Å². The van der Waals surface area contributed by atoms with Gasteiger partial charge < -0.3 is 9.64 Å². The third kappa shape index (κ3) is 4.99. The maximum atomic E-state index is 12.5. The first-order chi connectivity index (χ1) is 12.7. The van der Waals surface area contributed by atoms with Crippen LogP contribution in [0.1, 0.15) is 17.5 Å². The lowest BCUT2D eigenvalue weighted by atomic mass is 10.1. The molecule has 138 valence electrons. The molecule has 0 unspecified atom stereocenters. The zero-order valence-electron chi connectivity index (χ0n) is 15.2. The number of benzene rings is 2. The van der Waals surface area contributed by atoms with Gasteiger partial charge in [-0.05, 0) is 35.7 Å². The second-order valence-electron chi connectivity index (χ2n) is 6.60. The fourth-order valence-corrected chi connectivity index (χ4v) is 3.42. The summed E-state index contributed by atoms with van der Waals surface area (Å²) in [6, 6.07) is 15.9. The highest BCUT2D eigenvalue weighted by atomic mass is 35.5. The number of carbonyl (C=O) groups is 1. The third-order valence-electron chi connectivity index (χ3n) is 4.86. The normalized spacial score (nSPS) is 15.1. The van der Waals surface area contributed by atoms with Gasteiger partial charge in [-0.25, -0.2) is 0 Å². The van der Waals surface area contributed by atoms with Crippen LogP contribution in [0.25, 0.3) is 0 Å². The third-order valence-corrected chi connectivity index (χ3v) is 5.23. The quantitative estimate of drug-likeness (QED) is 0.776. The number of hydrogen-bond acceptors (Lipinski definition) is 3. The maximum Gasteiger partial charge on any atom is 0.222 e. The van der Waals surface area contributed by atoms with E-state index in [1.54, 1.807) is 7.11 Å². The Hall–Kier alpha value is -2.04. The minimum absolute atomic E-state index is 0.234. The molecule has 1 aliphatic heterocycles. The standard InChI is InChI=1S/C21H25ClN2O2/c1-26-19-9-6-17(7-10-19)8-11-21(25)24-14-12-23(13-15-24)16-18-4-2-3-5-20(18)22/h2-7,9-10H,8,11-16H2,1H3. The molecule has 4 nitrogen and oxygen atoms in total. The summed E-state index contributed by atoms with van der Waals surface area (Å²) in [5.41, 5.74) is 2.31. The highest BCUT2D eigenvalue weighted by Gasteiger charge is 2.21. The first kappa shape index (κ1) is 18.7. The van der Waals surface area contributed by atoms with Crippen molar-refractivity contribution in [2.75, 3.05) is 33.3 Å². The Balaban J connectivity index is 1.43. The molecule has 1 aliphatic rings. The van der Waals surface area contributed by atoms with Crippen molar-refractivity contribution in [2.45, 2.75) is 19.4 Å². The van der Waals surface area contributed by atoms with E-state index in [4.69, 9.17) is 16.3 Å². The first-order valence-corrected chi connectivity index (χ1v) is 9.40. The number of methoxy groups -OCH3 is 1. The summed E-state index contributed by atoms with van der Waals surface area (Å²) >= 11 is 6.24.